The van der Waals surface area contributed by atoms with Gasteiger partial charge < -0.3 is 20.6 Å². The van der Waals surface area contributed by atoms with Crippen LogP contribution in [0.4, 0.5) is 5.82 Å². The molecule has 56 heavy (non-hydrogen) atoms. The summed E-state index contributed by atoms with van der Waals surface area (Å²) >= 11 is 0. The van der Waals surface area contributed by atoms with Gasteiger partial charge >= 0.3 is 5.97 Å². The van der Waals surface area contributed by atoms with E-state index in [1.807, 2.05) is 55.4 Å². The third-order valence-electron chi connectivity index (χ3n) is 8.41. The summed E-state index contributed by atoms with van der Waals surface area (Å²) in [7, 11) is -5.75. The Bertz CT molecular complexity index is 2260. The maximum absolute atomic E-state index is 13.1. The molecule has 0 aliphatic heterocycles. The van der Waals surface area contributed by atoms with Crippen LogP contribution in [-0.2, 0) is 33.7 Å². The van der Waals surface area contributed by atoms with E-state index >= 15 is 0 Å². The number of aromatic hydroxyl groups is 1. The molecule has 4 aromatic rings. The molecule has 0 aliphatic carbocycles. The molecule has 2 aromatic heterocycles. The molecule has 0 amide bonds. The van der Waals surface area contributed by atoms with Crippen LogP contribution in [0.3, 0.4) is 0 Å². The third kappa shape index (κ3) is 13.0. The van der Waals surface area contributed by atoms with E-state index in [0.29, 0.717) is 32.4 Å². The minimum absolute atomic E-state index is 0.0283. The van der Waals surface area contributed by atoms with Gasteiger partial charge in [0.2, 0.25) is 0 Å². The first-order valence-corrected chi connectivity index (χ1v) is 22.1. The molecule has 0 saturated carbocycles. The monoisotopic (exact) mass is 814 g/mol. The number of Topliss-reactive ketones (excluding diaryl/α,β-unsaturated/α-hetero) is 1. The highest BCUT2D eigenvalue weighted by Crippen LogP contribution is 2.32. The van der Waals surface area contributed by atoms with Gasteiger partial charge in [0.15, 0.2) is 5.82 Å². The lowest BCUT2D eigenvalue weighted by atomic mass is 9.86. The first kappa shape index (κ1) is 49.4. The van der Waals surface area contributed by atoms with Crippen molar-refractivity contribution in [2.45, 2.75) is 98.8 Å². The van der Waals surface area contributed by atoms with Crippen molar-refractivity contribution in [1.29, 1.82) is 0 Å². The highest BCUT2D eigenvalue weighted by Gasteiger charge is 2.30. The van der Waals surface area contributed by atoms with Crippen molar-refractivity contribution < 1.29 is 27.9 Å². The lowest BCUT2D eigenvalue weighted by Gasteiger charge is -2.25. The second kappa shape index (κ2) is 21.7. The highest BCUT2D eigenvalue weighted by molar-refractivity contribution is 7.98. The van der Waals surface area contributed by atoms with Crippen LogP contribution in [0.2, 0.25) is 0 Å². The maximum Gasteiger partial charge on any atom is 0.312 e. The number of aromatic nitrogens is 2. The molecule has 0 radical (unpaired) electrons. The standard InChI is InChI=1S/C19H26N2O3S.C18H24N4O4S.2C2H6/c1-6-7-17(22)19(3,4)12-21-25(5,24)14-8-9-15-13(2)11-20-18(23)16(15)10-14;1-5-26-17(24)18(2,3)10-22-27(4,25)12-6-7-13-14(8-12)16(21-11-19)20-9-15(13)23;2*1-2/h8-11H,5-7,12H2,1-4H3,(H,20,23)(H,21,24);6-9,11,23H,4-5,10H2,1-3H3,(H,22,25)(H2,19,20,21);2*1-2H3. The zero-order valence-electron chi connectivity index (χ0n) is 34.8. The van der Waals surface area contributed by atoms with Gasteiger partial charge in [0.1, 0.15) is 11.5 Å². The normalized spacial score (nSPS) is 13.6. The number of nitrogens with one attached hydrogen (secondary N) is 3. The zero-order chi connectivity index (χ0) is 43.1. The molecule has 0 fully saturated rings. The third-order valence-corrected chi connectivity index (χ3v) is 11.7. The van der Waals surface area contributed by atoms with E-state index in [9.17, 15) is 27.9 Å². The number of aromatic amines is 1. The van der Waals surface area contributed by atoms with Gasteiger partial charge in [-0.25, -0.2) is 27.8 Å². The van der Waals surface area contributed by atoms with E-state index < -0.39 is 30.2 Å². The SMILES string of the molecule is C=S(=O)(NCC(C)(C)C(=O)CCC)c1ccc2c(C)c[nH]c(=O)c2c1.C=S(=O)(NCC(C)(C)C(=O)OCC)c1ccc2c(O)cnc(N=CN)c2c1.CC.CC. The van der Waals surface area contributed by atoms with Gasteiger partial charge in [-0.1, -0.05) is 54.5 Å². The number of hydrogen-bond donors (Lipinski definition) is 5. The van der Waals surface area contributed by atoms with Crippen LogP contribution in [0.15, 0.2) is 68.4 Å². The maximum atomic E-state index is 13.1. The lowest BCUT2D eigenvalue weighted by Crippen LogP contribution is -2.39. The van der Waals surface area contributed by atoms with Crippen molar-refractivity contribution in [3.8, 4) is 5.75 Å². The Balaban J connectivity index is 0.000000516. The summed E-state index contributed by atoms with van der Waals surface area (Å²) in [5.41, 5.74) is 4.56. The number of benzene rings is 2. The van der Waals surface area contributed by atoms with Crippen LogP contribution in [0, 0.1) is 17.8 Å². The summed E-state index contributed by atoms with van der Waals surface area (Å²) in [5, 5.41) is 12.3. The van der Waals surface area contributed by atoms with Gasteiger partial charge in [-0.3, -0.25) is 14.4 Å². The first-order valence-electron chi connectivity index (χ1n) is 18.6. The molecule has 2 aromatic carbocycles. The quantitative estimate of drug-likeness (QED) is 0.0402. The number of rotatable bonds is 14. The van der Waals surface area contributed by atoms with E-state index in [4.69, 9.17) is 10.5 Å². The van der Waals surface area contributed by atoms with Crippen molar-refractivity contribution >= 4 is 76.6 Å². The molecular weight excluding hydrogens is 753 g/mol. The molecule has 4 rings (SSSR count). The molecule has 2 atom stereocenters. The van der Waals surface area contributed by atoms with Crippen molar-refractivity contribution in [2.75, 3.05) is 19.7 Å². The van der Waals surface area contributed by atoms with E-state index in [-0.39, 0.29) is 48.6 Å². The fraction of sp³-hybridized carbons (Fsp3) is 0.439. The number of hydrogen-bond acceptors (Lipinski definition) is 9. The molecule has 2 heterocycles. The average molecular weight is 815 g/mol. The molecule has 0 spiro atoms. The van der Waals surface area contributed by atoms with E-state index in [1.54, 1.807) is 63.4 Å². The molecule has 6 N–H and O–H groups in total. The Kier molecular flexibility index (Phi) is 19.1. The number of ketones is 1. The molecule has 13 nitrogen and oxygen atoms in total. The number of aryl methyl sites for hydroxylation is 1. The number of fused-ring (bicyclic) bond motifs is 2. The van der Waals surface area contributed by atoms with E-state index in [0.717, 1.165) is 23.7 Å². The van der Waals surface area contributed by atoms with Gasteiger partial charge in [-0.15, -0.1) is 0 Å². The Hall–Kier alpha value is -4.57. The summed E-state index contributed by atoms with van der Waals surface area (Å²) < 4.78 is 36.9. The van der Waals surface area contributed by atoms with Gasteiger partial charge in [-0.05, 0) is 87.1 Å². The predicted molar refractivity (Wildman–Crippen MR) is 235 cm³/mol. The largest absolute Gasteiger partial charge is 0.506 e. The lowest BCUT2D eigenvalue weighted by molar-refractivity contribution is -0.152. The van der Waals surface area contributed by atoms with Crippen LogP contribution in [0.5, 0.6) is 5.75 Å². The highest BCUT2D eigenvalue weighted by atomic mass is 32.2. The number of carbonyl (C=O) groups excluding carboxylic acids is 2. The molecule has 0 bridgehead atoms. The van der Waals surface area contributed by atoms with Gasteiger partial charge in [0, 0.05) is 57.1 Å². The molecule has 0 saturated heterocycles. The molecule has 310 valence electrons. The van der Waals surface area contributed by atoms with Crippen LogP contribution in [-0.4, -0.2) is 73.0 Å². The zero-order valence-corrected chi connectivity index (χ0v) is 36.5. The summed E-state index contributed by atoms with van der Waals surface area (Å²) in [5.74, 6) is 7.57. The van der Waals surface area contributed by atoms with Crippen molar-refractivity contribution in [2.24, 2.45) is 21.6 Å². The van der Waals surface area contributed by atoms with Crippen LogP contribution in [0.25, 0.3) is 21.5 Å². The Morgan fingerprint density at radius 3 is 1.95 bits per heavy atom. The minimum Gasteiger partial charge on any atom is -0.506 e. The summed E-state index contributed by atoms with van der Waals surface area (Å²) in [6, 6.07) is 9.92. The van der Waals surface area contributed by atoms with Gasteiger partial charge in [0.25, 0.3) is 5.56 Å². The number of esters is 1. The van der Waals surface area contributed by atoms with Gasteiger partial charge in [-0.2, -0.15) is 0 Å². The van der Waals surface area contributed by atoms with E-state index in [1.165, 1.54) is 6.20 Å². The number of nitrogens with zero attached hydrogens (tertiary/aromatic N) is 2. The smallest absolute Gasteiger partial charge is 0.312 e. The topological polar surface area (TPSA) is 206 Å². The van der Waals surface area contributed by atoms with Gasteiger partial charge in [0.05, 0.1) is 44.0 Å². The number of carbonyl (C=O) groups is 2. The number of ether oxygens (including phenoxy) is 1. The molecule has 2 unspecified atom stereocenters. The van der Waals surface area contributed by atoms with Crippen LogP contribution in [0.1, 0.15) is 87.6 Å². The summed E-state index contributed by atoms with van der Waals surface area (Å²) in [6.45, 7) is 21.3. The Labute approximate surface area is 333 Å². The Morgan fingerprint density at radius 2 is 1.43 bits per heavy atom. The van der Waals surface area contributed by atoms with Crippen LogP contribution >= 0.6 is 0 Å². The second-order valence-electron chi connectivity index (χ2n) is 13.6. The first-order chi connectivity index (χ1) is 26.2. The molecule has 15 heteroatoms. The summed E-state index contributed by atoms with van der Waals surface area (Å²) in [6.07, 6.45) is 5.30. The van der Waals surface area contributed by atoms with Crippen molar-refractivity contribution in [1.82, 2.24) is 19.4 Å². The number of pyridine rings is 2. The molecule has 0 aliphatic rings. The Morgan fingerprint density at radius 1 is 0.911 bits per heavy atom. The summed E-state index contributed by atoms with van der Waals surface area (Å²) in [4.78, 5) is 47.7. The number of nitrogens with two attached hydrogens (primary N) is 1. The fourth-order valence-electron chi connectivity index (χ4n) is 4.98. The van der Waals surface area contributed by atoms with Crippen LogP contribution < -0.4 is 20.7 Å². The average Bonchev–Trinajstić information content (AvgIpc) is 3.18. The minimum atomic E-state index is -2.93. The van der Waals surface area contributed by atoms with E-state index in [2.05, 4.69) is 36.1 Å². The molecular formula is C41H62N6O7S2. The number of aliphatic imine (C=N–C) groups is 1. The second-order valence-corrected chi connectivity index (χ2v) is 17.8. The fourth-order valence-corrected chi connectivity index (χ4v) is 7.70. The number of H-pyrrole nitrogens is 1. The van der Waals surface area contributed by atoms with Crippen molar-refractivity contribution in [3.63, 3.8) is 0 Å². The van der Waals surface area contributed by atoms with Crippen molar-refractivity contribution in [3.05, 3.63) is 64.7 Å². The predicted octanol–water partition coefficient (Wildman–Crippen LogP) is 6.59.